The van der Waals surface area contributed by atoms with Crippen molar-refractivity contribution in [1.82, 2.24) is 0 Å². The number of ether oxygens (including phenoxy) is 1. The summed E-state index contributed by atoms with van der Waals surface area (Å²) in [5.41, 5.74) is 3.56. The standard InChI is InChI=1S/C17H16F2O2/c1-11-6-7-13(8-12(11)2)9-16(20)14-4-3-5-15(10-14)21-17(18)19/h3-8,10,17H,9H2,1-2H3. The molecular formula is C17H16F2O2. The van der Waals surface area contributed by atoms with Gasteiger partial charge in [0.2, 0.25) is 0 Å². The first-order valence-electron chi connectivity index (χ1n) is 6.60. The fourth-order valence-corrected chi connectivity index (χ4v) is 2.05. The van der Waals surface area contributed by atoms with Crippen molar-refractivity contribution in [2.75, 3.05) is 0 Å². The van der Waals surface area contributed by atoms with E-state index in [0.717, 1.165) is 11.1 Å². The van der Waals surface area contributed by atoms with Crippen LogP contribution in [-0.2, 0) is 6.42 Å². The lowest BCUT2D eigenvalue weighted by molar-refractivity contribution is -0.0498. The Bertz CT molecular complexity index is 651. The molecule has 0 spiro atoms. The summed E-state index contributed by atoms with van der Waals surface area (Å²) in [5.74, 6) is -0.131. The van der Waals surface area contributed by atoms with Crippen LogP contribution >= 0.6 is 0 Å². The van der Waals surface area contributed by atoms with Crippen molar-refractivity contribution in [3.05, 3.63) is 64.7 Å². The van der Waals surface area contributed by atoms with Crippen LogP contribution in [0.5, 0.6) is 5.75 Å². The van der Waals surface area contributed by atoms with Crippen LogP contribution in [0.2, 0.25) is 0 Å². The average Bonchev–Trinajstić information content (AvgIpc) is 2.42. The van der Waals surface area contributed by atoms with E-state index in [2.05, 4.69) is 4.74 Å². The molecule has 2 aromatic carbocycles. The molecule has 0 N–H and O–H groups in total. The molecule has 0 saturated carbocycles. The quantitative estimate of drug-likeness (QED) is 0.766. The van der Waals surface area contributed by atoms with Crippen molar-refractivity contribution < 1.29 is 18.3 Å². The number of carbonyl (C=O) groups is 1. The van der Waals surface area contributed by atoms with Gasteiger partial charge in [-0.05, 0) is 42.7 Å². The number of carbonyl (C=O) groups excluding carboxylic acids is 1. The molecule has 0 saturated heterocycles. The van der Waals surface area contributed by atoms with Gasteiger partial charge in [-0.2, -0.15) is 8.78 Å². The molecule has 4 heteroatoms. The number of ketones is 1. The van der Waals surface area contributed by atoms with Gasteiger partial charge in [0, 0.05) is 12.0 Å². The zero-order valence-electron chi connectivity index (χ0n) is 11.9. The summed E-state index contributed by atoms with van der Waals surface area (Å²) >= 11 is 0. The van der Waals surface area contributed by atoms with Crippen LogP contribution in [-0.4, -0.2) is 12.4 Å². The maximum absolute atomic E-state index is 12.2. The van der Waals surface area contributed by atoms with E-state index in [0.29, 0.717) is 5.56 Å². The molecule has 2 nitrogen and oxygen atoms in total. The van der Waals surface area contributed by atoms with E-state index in [1.165, 1.54) is 23.8 Å². The first-order chi connectivity index (χ1) is 9.95. The summed E-state index contributed by atoms with van der Waals surface area (Å²) in [6, 6.07) is 11.7. The third-order valence-electron chi connectivity index (χ3n) is 3.32. The summed E-state index contributed by atoms with van der Waals surface area (Å²) in [4.78, 5) is 12.2. The zero-order chi connectivity index (χ0) is 15.4. The minimum atomic E-state index is -2.89. The van der Waals surface area contributed by atoms with Gasteiger partial charge in [-0.3, -0.25) is 4.79 Å². The second-order valence-corrected chi connectivity index (χ2v) is 4.92. The van der Waals surface area contributed by atoms with Gasteiger partial charge in [0.1, 0.15) is 5.75 Å². The van der Waals surface area contributed by atoms with Crippen molar-refractivity contribution in [3.63, 3.8) is 0 Å². The van der Waals surface area contributed by atoms with E-state index < -0.39 is 6.61 Å². The van der Waals surface area contributed by atoms with Crippen LogP contribution in [0.3, 0.4) is 0 Å². The third kappa shape index (κ3) is 4.12. The van der Waals surface area contributed by atoms with Gasteiger partial charge in [0.15, 0.2) is 5.78 Å². The van der Waals surface area contributed by atoms with Gasteiger partial charge in [-0.25, -0.2) is 0 Å². The Morgan fingerprint density at radius 2 is 1.86 bits per heavy atom. The molecule has 0 fully saturated rings. The first kappa shape index (κ1) is 15.2. The Morgan fingerprint density at radius 3 is 2.52 bits per heavy atom. The number of rotatable bonds is 5. The van der Waals surface area contributed by atoms with E-state index in [4.69, 9.17) is 0 Å². The zero-order valence-corrected chi connectivity index (χ0v) is 11.9. The topological polar surface area (TPSA) is 26.3 Å². The highest BCUT2D eigenvalue weighted by molar-refractivity contribution is 5.97. The van der Waals surface area contributed by atoms with Crippen LogP contribution in [0.4, 0.5) is 8.78 Å². The molecular weight excluding hydrogens is 274 g/mol. The Hall–Kier alpha value is -2.23. The number of alkyl halides is 2. The SMILES string of the molecule is Cc1ccc(CC(=O)c2cccc(OC(F)F)c2)cc1C. The lowest BCUT2D eigenvalue weighted by Crippen LogP contribution is -2.06. The lowest BCUT2D eigenvalue weighted by Gasteiger charge is -2.07. The fourth-order valence-electron chi connectivity index (χ4n) is 2.05. The summed E-state index contributed by atoms with van der Waals surface area (Å²) in [6.07, 6.45) is 0.235. The lowest BCUT2D eigenvalue weighted by atomic mass is 9.99. The molecule has 0 amide bonds. The molecule has 0 heterocycles. The molecule has 21 heavy (non-hydrogen) atoms. The van der Waals surface area contributed by atoms with Gasteiger partial charge in [0.05, 0.1) is 0 Å². The van der Waals surface area contributed by atoms with Crippen LogP contribution in [0.25, 0.3) is 0 Å². The second kappa shape index (κ2) is 6.48. The largest absolute Gasteiger partial charge is 0.435 e. The van der Waals surface area contributed by atoms with Crippen molar-refractivity contribution in [2.24, 2.45) is 0 Å². The number of Topliss-reactive ketones (excluding diaryl/α,β-unsaturated/α-hetero) is 1. The van der Waals surface area contributed by atoms with E-state index in [9.17, 15) is 13.6 Å². The summed E-state index contributed by atoms with van der Waals surface area (Å²) in [7, 11) is 0. The molecule has 0 aliphatic heterocycles. The average molecular weight is 290 g/mol. The second-order valence-electron chi connectivity index (χ2n) is 4.92. The molecule has 2 rings (SSSR count). The molecule has 0 aliphatic carbocycles. The number of benzene rings is 2. The van der Waals surface area contributed by atoms with E-state index in [1.807, 2.05) is 32.0 Å². The molecule has 0 aliphatic rings. The summed E-state index contributed by atoms with van der Waals surface area (Å²) in [5, 5.41) is 0. The van der Waals surface area contributed by atoms with Gasteiger partial charge < -0.3 is 4.74 Å². The third-order valence-corrected chi connectivity index (χ3v) is 3.32. The Kier molecular flexibility index (Phi) is 4.68. The molecule has 110 valence electrons. The number of hydrogen-bond acceptors (Lipinski definition) is 2. The maximum atomic E-state index is 12.2. The number of halogens is 2. The monoisotopic (exact) mass is 290 g/mol. The normalized spacial score (nSPS) is 10.7. The van der Waals surface area contributed by atoms with Gasteiger partial charge in [-0.1, -0.05) is 30.3 Å². The predicted molar refractivity (Wildman–Crippen MR) is 77.0 cm³/mol. The molecule has 0 unspecified atom stereocenters. The minimum absolute atomic E-state index is 0.00376. The van der Waals surface area contributed by atoms with E-state index >= 15 is 0 Å². The van der Waals surface area contributed by atoms with Crippen LogP contribution in [0.15, 0.2) is 42.5 Å². The maximum Gasteiger partial charge on any atom is 0.387 e. The van der Waals surface area contributed by atoms with Gasteiger partial charge in [0.25, 0.3) is 0 Å². The minimum Gasteiger partial charge on any atom is -0.435 e. The highest BCUT2D eigenvalue weighted by Gasteiger charge is 2.10. The van der Waals surface area contributed by atoms with Gasteiger partial charge in [-0.15, -0.1) is 0 Å². The van der Waals surface area contributed by atoms with Crippen molar-refractivity contribution in [1.29, 1.82) is 0 Å². The Balaban J connectivity index is 2.14. The highest BCUT2D eigenvalue weighted by Crippen LogP contribution is 2.18. The summed E-state index contributed by atoms with van der Waals surface area (Å²) in [6.45, 7) is 1.10. The van der Waals surface area contributed by atoms with Gasteiger partial charge >= 0.3 is 6.61 Å². The summed E-state index contributed by atoms with van der Waals surface area (Å²) < 4.78 is 28.7. The Morgan fingerprint density at radius 1 is 1.10 bits per heavy atom. The molecule has 0 radical (unpaired) electrons. The fraction of sp³-hybridized carbons (Fsp3) is 0.235. The number of hydrogen-bond donors (Lipinski definition) is 0. The molecule has 2 aromatic rings. The van der Waals surface area contributed by atoms with Crippen LogP contribution in [0, 0.1) is 13.8 Å². The van der Waals surface area contributed by atoms with Crippen molar-refractivity contribution in [2.45, 2.75) is 26.9 Å². The van der Waals surface area contributed by atoms with Crippen molar-refractivity contribution in [3.8, 4) is 5.75 Å². The van der Waals surface area contributed by atoms with Crippen molar-refractivity contribution >= 4 is 5.78 Å². The van der Waals surface area contributed by atoms with Crippen LogP contribution in [0.1, 0.15) is 27.0 Å². The molecule has 0 aromatic heterocycles. The smallest absolute Gasteiger partial charge is 0.387 e. The van der Waals surface area contributed by atoms with E-state index in [1.54, 1.807) is 6.07 Å². The predicted octanol–water partition coefficient (Wildman–Crippen LogP) is 4.33. The molecule has 0 bridgehead atoms. The molecule has 0 atom stereocenters. The Labute approximate surface area is 122 Å². The van der Waals surface area contributed by atoms with E-state index in [-0.39, 0.29) is 18.0 Å². The first-order valence-corrected chi connectivity index (χ1v) is 6.60. The number of aryl methyl sites for hydroxylation is 2. The van der Waals surface area contributed by atoms with Crippen LogP contribution < -0.4 is 4.74 Å². The highest BCUT2D eigenvalue weighted by atomic mass is 19.3.